The van der Waals surface area contributed by atoms with Crippen molar-refractivity contribution in [2.24, 2.45) is 0 Å². The first-order valence-corrected chi connectivity index (χ1v) is 9.68. The van der Waals surface area contributed by atoms with Crippen LogP contribution < -0.4 is 10.1 Å². The maximum absolute atomic E-state index is 12.5. The number of piperazine rings is 1. The van der Waals surface area contributed by atoms with E-state index >= 15 is 0 Å². The number of urea groups is 1. The fourth-order valence-corrected chi connectivity index (χ4v) is 3.37. The molecule has 3 amide bonds. The van der Waals surface area contributed by atoms with E-state index in [4.69, 9.17) is 4.74 Å². The predicted octanol–water partition coefficient (Wildman–Crippen LogP) is 2.80. The molecule has 1 heterocycles. The van der Waals surface area contributed by atoms with E-state index in [0.717, 1.165) is 24.2 Å². The molecule has 3 rings (SSSR count). The summed E-state index contributed by atoms with van der Waals surface area (Å²) in [5, 5.41) is 2.98. The highest BCUT2D eigenvalue weighted by atomic mass is 16.5. The monoisotopic (exact) mass is 381 g/mol. The van der Waals surface area contributed by atoms with Crippen LogP contribution in [0.25, 0.3) is 0 Å². The second kappa shape index (κ2) is 9.78. The van der Waals surface area contributed by atoms with Gasteiger partial charge in [-0.15, -0.1) is 0 Å². The second-order valence-corrected chi connectivity index (χ2v) is 6.79. The lowest BCUT2D eigenvalue weighted by molar-refractivity contribution is 0.0665. The van der Waals surface area contributed by atoms with Crippen LogP contribution >= 0.6 is 0 Å². The van der Waals surface area contributed by atoms with Crippen LogP contribution in [-0.4, -0.2) is 61.6 Å². The number of hydrogen-bond donors (Lipinski definition) is 1. The number of hydrogen-bond acceptors (Lipinski definition) is 3. The van der Waals surface area contributed by atoms with Gasteiger partial charge in [-0.25, -0.2) is 4.79 Å². The van der Waals surface area contributed by atoms with Crippen LogP contribution in [0.3, 0.4) is 0 Å². The van der Waals surface area contributed by atoms with E-state index in [9.17, 15) is 9.59 Å². The maximum Gasteiger partial charge on any atom is 0.317 e. The van der Waals surface area contributed by atoms with Gasteiger partial charge in [0.15, 0.2) is 0 Å². The van der Waals surface area contributed by atoms with Gasteiger partial charge in [0.2, 0.25) is 0 Å². The number of ether oxygens (including phenoxy) is 1. The molecule has 1 aliphatic heterocycles. The molecule has 148 valence electrons. The summed E-state index contributed by atoms with van der Waals surface area (Å²) >= 11 is 0. The number of nitrogens with one attached hydrogen (secondary N) is 1. The Bertz CT molecular complexity index is 787. The van der Waals surface area contributed by atoms with Gasteiger partial charge in [0, 0.05) is 38.3 Å². The van der Waals surface area contributed by atoms with E-state index in [1.54, 1.807) is 16.9 Å². The zero-order valence-electron chi connectivity index (χ0n) is 16.3. The number of nitrogens with zero attached hydrogens (tertiary/aromatic N) is 2. The van der Waals surface area contributed by atoms with E-state index in [0.29, 0.717) is 38.3 Å². The maximum atomic E-state index is 12.5. The highest BCUT2D eigenvalue weighted by Gasteiger charge is 2.24. The summed E-state index contributed by atoms with van der Waals surface area (Å²) in [4.78, 5) is 28.4. The number of para-hydroxylation sites is 1. The number of amides is 3. The standard InChI is InChI=1S/C22H27N3O3/c1-28-20-12-6-5-8-18(20)11-7-13-23-22(27)25-16-14-24(15-17-25)21(26)19-9-3-2-4-10-19/h2-6,8-10,12H,7,11,13-17H2,1H3,(H,23,27). The van der Waals surface area contributed by atoms with Crippen molar-refractivity contribution in [3.8, 4) is 5.75 Å². The van der Waals surface area contributed by atoms with Crippen LogP contribution in [0.15, 0.2) is 54.6 Å². The largest absolute Gasteiger partial charge is 0.496 e. The summed E-state index contributed by atoms with van der Waals surface area (Å²) in [6.07, 6.45) is 1.70. The lowest BCUT2D eigenvalue weighted by atomic mass is 10.1. The first kappa shape index (κ1) is 19.7. The summed E-state index contributed by atoms with van der Waals surface area (Å²) in [7, 11) is 1.67. The topological polar surface area (TPSA) is 61.9 Å². The number of carbonyl (C=O) groups is 2. The minimum absolute atomic E-state index is 0.0254. The van der Waals surface area contributed by atoms with E-state index in [1.807, 2.05) is 54.6 Å². The molecule has 1 saturated heterocycles. The van der Waals surface area contributed by atoms with Crippen LogP contribution in [0.4, 0.5) is 4.79 Å². The Hall–Kier alpha value is -3.02. The molecule has 6 heteroatoms. The van der Waals surface area contributed by atoms with Crippen molar-refractivity contribution in [1.82, 2.24) is 15.1 Å². The molecular formula is C22H27N3O3. The summed E-state index contributed by atoms with van der Waals surface area (Å²) in [6.45, 7) is 2.83. The van der Waals surface area contributed by atoms with Crippen LogP contribution in [-0.2, 0) is 6.42 Å². The van der Waals surface area contributed by atoms with Crippen LogP contribution in [0, 0.1) is 0 Å². The van der Waals surface area contributed by atoms with Crippen LogP contribution in [0.1, 0.15) is 22.3 Å². The van der Waals surface area contributed by atoms with Crippen molar-refractivity contribution in [1.29, 1.82) is 0 Å². The Balaban J connectivity index is 1.39. The molecule has 0 saturated carbocycles. The van der Waals surface area contributed by atoms with E-state index in [2.05, 4.69) is 5.32 Å². The third-order valence-corrected chi connectivity index (χ3v) is 4.97. The highest BCUT2D eigenvalue weighted by Crippen LogP contribution is 2.18. The SMILES string of the molecule is COc1ccccc1CCCNC(=O)N1CCN(C(=O)c2ccccc2)CC1. The number of aryl methyl sites for hydroxylation is 1. The molecule has 2 aromatic rings. The van der Waals surface area contributed by atoms with Gasteiger partial charge in [0.25, 0.3) is 5.91 Å². The van der Waals surface area contributed by atoms with Crippen molar-refractivity contribution in [2.75, 3.05) is 39.8 Å². The molecule has 1 fully saturated rings. The first-order valence-electron chi connectivity index (χ1n) is 9.68. The zero-order chi connectivity index (χ0) is 19.8. The van der Waals surface area contributed by atoms with Gasteiger partial charge >= 0.3 is 6.03 Å². The third kappa shape index (κ3) is 5.03. The lowest BCUT2D eigenvalue weighted by Crippen LogP contribution is -2.53. The second-order valence-electron chi connectivity index (χ2n) is 6.79. The number of rotatable bonds is 6. The van der Waals surface area contributed by atoms with Crippen LogP contribution in [0.2, 0.25) is 0 Å². The molecule has 2 aromatic carbocycles. The van der Waals surface area contributed by atoms with Gasteiger partial charge in [0.1, 0.15) is 5.75 Å². The zero-order valence-corrected chi connectivity index (χ0v) is 16.3. The summed E-state index contributed by atoms with van der Waals surface area (Å²) in [6, 6.07) is 17.1. The number of methoxy groups -OCH3 is 1. The summed E-state index contributed by atoms with van der Waals surface area (Å²) in [5.41, 5.74) is 1.84. The highest BCUT2D eigenvalue weighted by molar-refractivity contribution is 5.94. The van der Waals surface area contributed by atoms with E-state index < -0.39 is 0 Å². The third-order valence-electron chi connectivity index (χ3n) is 4.97. The number of benzene rings is 2. The fraction of sp³-hybridized carbons (Fsp3) is 0.364. The molecule has 0 radical (unpaired) electrons. The normalized spacial score (nSPS) is 13.9. The molecule has 0 aromatic heterocycles. The van der Waals surface area contributed by atoms with E-state index in [1.165, 1.54) is 0 Å². The Labute approximate surface area is 166 Å². The van der Waals surface area contributed by atoms with Gasteiger partial charge < -0.3 is 19.9 Å². The average Bonchev–Trinajstić information content (AvgIpc) is 2.77. The molecular weight excluding hydrogens is 354 g/mol. The minimum Gasteiger partial charge on any atom is -0.496 e. The van der Waals surface area contributed by atoms with Crippen molar-refractivity contribution < 1.29 is 14.3 Å². The van der Waals surface area contributed by atoms with Gasteiger partial charge in [0.05, 0.1) is 7.11 Å². The van der Waals surface area contributed by atoms with Gasteiger partial charge in [-0.2, -0.15) is 0 Å². The summed E-state index contributed by atoms with van der Waals surface area (Å²) < 4.78 is 5.35. The first-order chi connectivity index (χ1) is 13.7. The molecule has 1 aliphatic rings. The molecule has 0 aliphatic carbocycles. The quantitative estimate of drug-likeness (QED) is 0.783. The van der Waals surface area contributed by atoms with Crippen molar-refractivity contribution in [2.45, 2.75) is 12.8 Å². The minimum atomic E-state index is -0.0631. The van der Waals surface area contributed by atoms with Crippen LogP contribution in [0.5, 0.6) is 5.75 Å². The van der Waals surface area contributed by atoms with Gasteiger partial charge in [-0.3, -0.25) is 4.79 Å². The van der Waals surface area contributed by atoms with E-state index in [-0.39, 0.29) is 11.9 Å². The molecule has 28 heavy (non-hydrogen) atoms. The molecule has 1 N–H and O–H groups in total. The Kier molecular flexibility index (Phi) is 6.89. The molecule has 0 spiro atoms. The smallest absolute Gasteiger partial charge is 0.317 e. The molecule has 6 nitrogen and oxygen atoms in total. The van der Waals surface area contributed by atoms with Gasteiger partial charge in [-0.05, 0) is 36.6 Å². The Morgan fingerprint density at radius 1 is 0.929 bits per heavy atom. The Morgan fingerprint density at radius 3 is 2.29 bits per heavy atom. The van der Waals surface area contributed by atoms with Crippen molar-refractivity contribution in [3.05, 3.63) is 65.7 Å². The van der Waals surface area contributed by atoms with Crippen molar-refractivity contribution in [3.63, 3.8) is 0 Å². The van der Waals surface area contributed by atoms with Gasteiger partial charge in [-0.1, -0.05) is 36.4 Å². The summed E-state index contributed by atoms with van der Waals surface area (Å²) in [5.74, 6) is 0.908. The lowest BCUT2D eigenvalue weighted by Gasteiger charge is -2.34. The molecule has 0 unspecified atom stereocenters. The predicted molar refractivity (Wildman–Crippen MR) is 109 cm³/mol. The molecule has 0 bridgehead atoms. The Morgan fingerprint density at radius 2 is 1.57 bits per heavy atom. The molecule has 0 atom stereocenters. The average molecular weight is 381 g/mol. The van der Waals surface area contributed by atoms with Crippen molar-refractivity contribution >= 4 is 11.9 Å². The fourth-order valence-electron chi connectivity index (χ4n) is 3.37. The number of carbonyl (C=O) groups excluding carboxylic acids is 2.